The van der Waals surface area contributed by atoms with Crippen molar-refractivity contribution in [3.05, 3.63) is 0 Å². The second-order valence-electron chi connectivity index (χ2n) is 5.94. The first kappa shape index (κ1) is 15.5. The largest absolute Gasteiger partial charge is 0.355 e. The smallest absolute Gasteiger partial charge is 0.233 e. The van der Waals surface area contributed by atoms with E-state index in [-0.39, 0.29) is 5.91 Å². The highest BCUT2D eigenvalue weighted by molar-refractivity contribution is 5.77. The van der Waals surface area contributed by atoms with Crippen molar-refractivity contribution in [3.63, 3.8) is 0 Å². The van der Waals surface area contributed by atoms with Crippen molar-refractivity contribution in [2.75, 3.05) is 13.1 Å². The molecule has 3 nitrogen and oxygen atoms in total. The first-order valence-electron chi connectivity index (χ1n) is 7.63. The fourth-order valence-corrected chi connectivity index (χ4v) is 2.77. The Morgan fingerprint density at radius 1 is 1.22 bits per heavy atom. The summed E-state index contributed by atoms with van der Waals surface area (Å²) >= 11 is 0. The third-order valence-electron chi connectivity index (χ3n) is 4.08. The van der Waals surface area contributed by atoms with Gasteiger partial charge in [0.15, 0.2) is 0 Å². The molecule has 1 rings (SSSR count). The average molecular weight is 254 g/mol. The molecule has 18 heavy (non-hydrogen) atoms. The summed E-state index contributed by atoms with van der Waals surface area (Å²) in [6.07, 6.45) is 7.43. The van der Waals surface area contributed by atoms with E-state index in [2.05, 4.69) is 31.4 Å². The maximum Gasteiger partial charge on any atom is 0.233 e. The lowest BCUT2D eigenvalue weighted by atomic mass is 9.89. The summed E-state index contributed by atoms with van der Waals surface area (Å²) in [5, 5.41) is 6.33. The lowest BCUT2D eigenvalue weighted by Crippen LogP contribution is -2.39. The Balaban J connectivity index is 2.21. The summed E-state index contributed by atoms with van der Waals surface area (Å²) in [6.45, 7) is 8.01. The fraction of sp³-hybridized carbons (Fsp3) is 0.933. The molecule has 0 aromatic carbocycles. The summed E-state index contributed by atoms with van der Waals surface area (Å²) in [6, 6.07) is 0.543. The minimum Gasteiger partial charge on any atom is -0.355 e. The van der Waals surface area contributed by atoms with Crippen LogP contribution in [0.15, 0.2) is 0 Å². The highest BCUT2D eigenvalue weighted by Crippen LogP contribution is 2.28. The van der Waals surface area contributed by atoms with Crippen LogP contribution in [0, 0.1) is 11.8 Å². The summed E-state index contributed by atoms with van der Waals surface area (Å²) in [4.78, 5) is 11.5. The molecular formula is C15H30N2O. The summed E-state index contributed by atoms with van der Waals surface area (Å²) in [7, 11) is 0. The van der Waals surface area contributed by atoms with Gasteiger partial charge in [0.25, 0.3) is 0 Å². The molecule has 1 amide bonds. The Labute approximate surface area is 112 Å². The van der Waals surface area contributed by atoms with Crippen molar-refractivity contribution in [3.8, 4) is 0 Å². The van der Waals surface area contributed by atoms with Crippen LogP contribution in [0.4, 0.5) is 0 Å². The van der Waals surface area contributed by atoms with E-state index in [0.717, 1.165) is 24.8 Å². The molecular weight excluding hydrogens is 224 g/mol. The quantitative estimate of drug-likeness (QED) is 0.716. The van der Waals surface area contributed by atoms with Crippen LogP contribution < -0.4 is 10.6 Å². The lowest BCUT2D eigenvalue weighted by molar-refractivity contribution is -0.120. The number of carbonyl (C=O) groups is 1. The van der Waals surface area contributed by atoms with Crippen molar-refractivity contribution < 1.29 is 4.79 Å². The van der Waals surface area contributed by atoms with Crippen molar-refractivity contribution in [1.82, 2.24) is 10.6 Å². The Hall–Kier alpha value is -0.570. The van der Waals surface area contributed by atoms with Crippen LogP contribution in [0.5, 0.6) is 0 Å². The number of hydrogen-bond acceptors (Lipinski definition) is 2. The number of hydrogen-bond donors (Lipinski definition) is 2. The summed E-state index contributed by atoms with van der Waals surface area (Å²) < 4.78 is 0. The van der Waals surface area contributed by atoms with Gasteiger partial charge in [-0.05, 0) is 37.5 Å². The van der Waals surface area contributed by atoms with Crippen LogP contribution in [0.2, 0.25) is 0 Å². The Kier molecular flexibility index (Phi) is 7.33. The van der Waals surface area contributed by atoms with Crippen LogP contribution >= 0.6 is 0 Å². The molecule has 106 valence electrons. The first-order valence-corrected chi connectivity index (χ1v) is 7.63. The molecule has 0 heterocycles. The normalized spacial score (nSPS) is 24.9. The van der Waals surface area contributed by atoms with Gasteiger partial charge in [0, 0.05) is 12.6 Å². The minimum atomic E-state index is 0.140. The van der Waals surface area contributed by atoms with Gasteiger partial charge in [-0.2, -0.15) is 0 Å². The molecule has 1 saturated carbocycles. The average Bonchev–Trinajstić information content (AvgIpc) is 2.59. The Bertz CT molecular complexity index is 241. The van der Waals surface area contributed by atoms with Crippen molar-refractivity contribution in [2.45, 2.75) is 65.3 Å². The van der Waals surface area contributed by atoms with Gasteiger partial charge in [0.05, 0.1) is 6.54 Å². The lowest BCUT2D eigenvalue weighted by Gasteiger charge is -2.19. The van der Waals surface area contributed by atoms with E-state index in [0.29, 0.717) is 12.6 Å². The molecule has 0 bridgehead atoms. The van der Waals surface area contributed by atoms with E-state index in [1.807, 2.05) is 0 Å². The fourth-order valence-electron chi connectivity index (χ4n) is 2.77. The summed E-state index contributed by atoms with van der Waals surface area (Å²) in [5.74, 6) is 1.82. The number of amides is 1. The standard InChI is InChI=1S/C15H30N2O/c1-4-10-16-15(18)11-17-14-7-5-6-13(8-9-14)12(2)3/h12-14,17H,4-11H2,1-3H3,(H,16,18). The van der Waals surface area contributed by atoms with E-state index in [4.69, 9.17) is 0 Å². The van der Waals surface area contributed by atoms with Gasteiger partial charge in [-0.15, -0.1) is 0 Å². The molecule has 1 aliphatic rings. The van der Waals surface area contributed by atoms with Crippen LogP contribution in [0.25, 0.3) is 0 Å². The number of rotatable bonds is 6. The van der Waals surface area contributed by atoms with Crippen molar-refractivity contribution >= 4 is 5.91 Å². The zero-order chi connectivity index (χ0) is 13.4. The van der Waals surface area contributed by atoms with Gasteiger partial charge >= 0.3 is 0 Å². The third kappa shape index (κ3) is 5.85. The molecule has 1 fully saturated rings. The topological polar surface area (TPSA) is 41.1 Å². The monoisotopic (exact) mass is 254 g/mol. The second kappa shape index (κ2) is 8.52. The Morgan fingerprint density at radius 3 is 2.67 bits per heavy atom. The predicted octanol–water partition coefficient (Wildman–Crippen LogP) is 2.71. The maximum absolute atomic E-state index is 11.5. The highest BCUT2D eigenvalue weighted by Gasteiger charge is 2.20. The molecule has 1 aliphatic carbocycles. The highest BCUT2D eigenvalue weighted by atomic mass is 16.1. The van der Waals surface area contributed by atoms with Crippen LogP contribution in [-0.4, -0.2) is 25.0 Å². The van der Waals surface area contributed by atoms with Gasteiger partial charge in [-0.25, -0.2) is 0 Å². The van der Waals surface area contributed by atoms with Gasteiger partial charge in [0.1, 0.15) is 0 Å². The molecule has 0 saturated heterocycles. The minimum absolute atomic E-state index is 0.140. The number of carbonyl (C=O) groups excluding carboxylic acids is 1. The molecule has 0 aromatic heterocycles. The maximum atomic E-state index is 11.5. The Morgan fingerprint density at radius 2 is 2.00 bits per heavy atom. The molecule has 2 N–H and O–H groups in total. The van der Waals surface area contributed by atoms with Gasteiger partial charge < -0.3 is 10.6 Å². The number of nitrogens with one attached hydrogen (secondary N) is 2. The van der Waals surface area contributed by atoms with Gasteiger partial charge in [0.2, 0.25) is 5.91 Å². The van der Waals surface area contributed by atoms with Gasteiger partial charge in [-0.3, -0.25) is 4.79 Å². The van der Waals surface area contributed by atoms with E-state index in [9.17, 15) is 4.79 Å². The molecule has 0 aromatic rings. The third-order valence-corrected chi connectivity index (χ3v) is 4.08. The van der Waals surface area contributed by atoms with Crippen LogP contribution in [0.3, 0.4) is 0 Å². The van der Waals surface area contributed by atoms with Crippen LogP contribution in [0.1, 0.15) is 59.3 Å². The van der Waals surface area contributed by atoms with E-state index < -0.39 is 0 Å². The van der Waals surface area contributed by atoms with Crippen molar-refractivity contribution in [2.24, 2.45) is 11.8 Å². The molecule has 2 atom stereocenters. The van der Waals surface area contributed by atoms with Crippen molar-refractivity contribution in [1.29, 1.82) is 0 Å². The molecule has 0 radical (unpaired) electrons. The summed E-state index contributed by atoms with van der Waals surface area (Å²) in [5.41, 5.74) is 0. The molecule has 2 unspecified atom stereocenters. The van der Waals surface area contributed by atoms with E-state index in [1.54, 1.807) is 0 Å². The van der Waals surface area contributed by atoms with E-state index in [1.165, 1.54) is 32.1 Å². The zero-order valence-corrected chi connectivity index (χ0v) is 12.3. The first-order chi connectivity index (χ1) is 8.63. The zero-order valence-electron chi connectivity index (χ0n) is 12.3. The predicted molar refractivity (Wildman–Crippen MR) is 76.5 cm³/mol. The SMILES string of the molecule is CCCNC(=O)CNC1CCCC(C(C)C)CC1. The van der Waals surface area contributed by atoms with E-state index >= 15 is 0 Å². The molecule has 3 heteroatoms. The molecule has 0 aliphatic heterocycles. The van der Waals surface area contributed by atoms with Gasteiger partial charge in [-0.1, -0.05) is 33.6 Å². The van der Waals surface area contributed by atoms with Crippen LogP contribution in [-0.2, 0) is 4.79 Å². The molecule has 0 spiro atoms. The second-order valence-corrected chi connectivity index (χ2v) is 5.94.